The van der Waals surface area contributed by atoms with E-state index in [2.05, 4.69) is 26.1 Å². The van der Waals surface area contributed by atoms with Gasteiger partial charge in [0.15, 0.2) is 0 Å². The lowest BCUT2D eigenvalue weighted by molar-refractivity contribution is -0.137. The van der Waals surface area contributed by atoms with Crippen molar-refractivity contribution in [3.8, 4) is 11.4 Å². The third-order valence-electron chi connectivity index (χ3n) is 3.04. The number of nitrogens with zero attached hydrogens (tertiary/aromatic N) is 2. The van der Waals surface area contributed by atoms with Crippen molar-refractivity contribution in [2.75, 3.05) is 6.54 Å². The van der Waals surface area contributed by atoms with E-state index in [1.165, 1.54) is 12.1 Å². The molecule has 0 atom stereocenters. The molecule has 0 aliphatic carbocycles. The maximum atomic E-state index is 13.1. The molecular formula is C13H13BrF3N3O. The van der Waals surface area contributed by atoms with Crippen molar-refractivity contribution in [3.05, 3.63) is 34.1 Å². The van der Waals surface area contributed by atoms with E-state index in [1.54, 1.807) is 13.8 Å². The van der Waals surface area contributed by atoms with Crippen molar-refractivity contribution in [1.82, 2.24) is 10.1 Å². The van der Waals surface area contributed by atoms with Crippen LogP contribution in [0.2, 0.25) is 0 Å². The van der Waals surface area contributed by atoms with Crippen LogP contribution < -0.4 is 5.73 Å². The fraction of sp³-hybridized carbons (Fsp3) is 0.385. The monoisotopic (exact) mass is 363 g/mol. The molecule has 0 radical (unpaired) electrons. The molecule has 1 heterocycles. The summed E-state index contributed by atoms with van der Waals surface area (Å²) >= 11 is 3.03. The summed E-state index contributed by atoms with van der Waals surface area (Å²) in [6.45, 7) is 3.79. The van der Waals surface area contributed by atoms with Gasteiger partial charge in [0.2, 0.25) is 11.7 Å². The first-order chi connectivity index (χ1) is 9.65. The van der Waals surface area contributed by atoms with Gasteiger partial charge in [-0.2, -0.15) is 18.2 Å². The molecule has 114 valence electrons. The number of hydrogen-bond acceptors (Lipinski definition) is 4. The molecule has 8 heteroatoms. The van der Waals surface area contributed by atoms with E-state index >= 15 is 0 Å². The van der Waals surface area contributed by atoms with Crippen molar-refractivity contribution in [2.45, 2.75) is 25.4 Å². The van der Waals surface area contributed by atoms with E-state index in [0.717, 1.165) is 6.07 Å². The van der Waals surface area contributed by atoms with E-state index in [9.17, 15) is 13.2 Å². The minimum Gasteiger partial charge on any atom is -0.338 e. The van der Waals surface area contributed by atoms with Crippen LogP contribution in [0.1, 0.15) is 25.3 Å². The van der Waals surface area contributed by atoms with Gasteiger partial charge in [-0.15, -0.1) is 0 Å². The Morgan fingerprint density at radius 2 is 1.95 bits per heavy atom. The molecule has 2 N–H and O–H groups in total. The first kappa shape index (κ1) is 16.0. The second-order valence-electron chi connectivity index (χ2n) is 5.20. The van der Waals surface area contributed by atoms with Gasteiger partial charge in [-0.1, -0.05) is 21.1 Å². The number of benzene rings is 1. The Balaban J connectivity index is 2.53. The first-order valence-corrected chi connectivity index (χ1v) is 6.86. The molecule has 0 aliphatic rings. The topological polar surface area (TPSA) is 64.9 Å². The number of rotatable bonds is 3. The van der Waals surface area contributed by atoms with E-state index < -0.39 is 17.2 Å². The summed E-state index contributed by atoms with van der Waals surface area (Å²) in [7, 11) is 0. The highest BCUT2D eigenvalue weighted by molar-refractivity contribution is 9.10. The number of nitrogens with two attached hydrogens (primary N) is 1. The number of hydrogen-bond donors (Lipinski definition) is 1. The molecule has 0 saturated heterocycles. The largest absolute Gasteiger partial charge is 0.417 e. The van der Waals surface area contributed by atoms with Crippen molar-refractivity contribution in [3.63, 3.8) is 0 Å². The van der Waals surface area contributed by atoms with Gasteiger partial charge in [0, 0.05) is 16.6 Å². The van der Waals surface area contributed by atoms with Gasteiger partial charge in [-0.3, -0.25) is 0 Å². The van der Waals surface area contributed by atoms with Gasteiger partial charge in [0.25, 0.3) is 0 Å². The van der Waals surface area contributed by atoms with E-state index in [4.69, 9.17) is 10.3 Å². The molecule has 2 rings (SSSR count). The summed E-state index contributed by atoms with van der Waals surface area (Å²) in [6, 6.07) is 3.78. The van der Waals surface area contributed by atoms with E-state index in [-0.39, 0.29) is 23.8 Å². The number of halogens is 4. The minimum absolute atomic E-state index is 0.105. The Morgan fingerprint density at radius 1 is 1.29 bits per heavy atom. The molecule has 0 spiro atoms. The highest BCUT2D eigenvalue weighted by atomic mass is 79.9. The van der Waals surface area contributed by atoms with Crippen molar-refractivity contribution < 1.29 is 17.7 Å². The summed E-state index contributed by atoms with van der Waals surface area (Å²) in [6.07, 6.45) is -4.51. The van der Waals surface area contributed by atoms with Gasteiger partial charge in [-0.05, 0) is 32.0 Å². The van der Waals surface area contributed by atoms with Crippen molar-refractivity contribution in [2.24, 2.45) is 5.73 Å². The average Bonchev–Trinajstić information content (AvgIpc) is 2.88. The SMILES string of the molecule is CC(C)(CN)c1nc(-c2ccc(Br)cc2C(F)(F)F)no1. The standard InChI is InChI=1S/C13H13BrF3N3O/c1-12(2,6-18)11-19-10(20-21-11)8-4-3-7(14)5-9(8)13(15,16)17/h3-5H,6,18H2,1-2H3. The lowest BCUT2D eigenvalue weighted by Gasteiger charge is -2.15. The second-order valence-corrected chi connectivity index (χ2v) is 6.11. The summed E-state index contributed by atoms with van der Waals surface area (Å²) in [5, 5.41) is 3.65. The Hall–Kier alpha value is -1.41. The quantitative estimate of drug-likeness (QED) is 0.901. The van der Waals surface area contributed by atoms with Gasteiger partial charge in [0.1, 0.15) is 0 Å². The van der Waals surface area contributed by atoms with E-state index in [0.29, 0.717) is 4.47 Å². The minimum atomic E-state index is -4.51. The maximum absolute atomic E-state index is 13.1. The molecule has 4 nitrogen and oxygen atoms in total. The molecule has 0 aliphatic heterocycles. The van der Waals surface area contributed by atoms with Crippen LogP contribution >= 0.6 is 15.9 Å². The Bertz CT molecular complexity index is 652. The van der Waals surface area contributed by atoms with Gasteiger partial charge >= 0.3 is 6.18 Å². The smallest absolute Gasteiger partial charge is 0.338 e. The molecule has 2 aromatic rings. The van der Waals surface area contributed by atoms with E-state index in [1.807, 2.05) is 0 Å². The third-order valence-corrected chi connectivity index (χ3v) is 3.54. The number of alkyl halides is 3. The second kappa shape index (κ2) is 5.42. The summed E-state index contributed by atoms with van der Waals surface area (Å²) < 4.78 is 44.7. The highest BCUT2D eigenvalue weighted by Gasteiger charge is 2.36. The fourth-order valence-electron chi connectivity index (χ4n) is 1.64. The molecule has 0 fully saturated rings. The van der Waals surface area contributed by atoms with Crippen LogP contribution in [0.15, 0.2) is 27.2 Å². The third kappa shape index (κ3) is 3.26. The predicted octanol–water partition coefficient (Wildman–Crippen LogP) is 3.75. The fourth-order valence-corrected chi connectivity index (χ4v) is 2.00. The number of aromatic nitrogens is 2. The zero-order valence-corrected chi connectivity index (χ0v) is 12.9. The summed E-state index contributed by atoms with van der Waals surface area (Å²) in [5.41, 5.74) is 4.04. The van der Waals surface area contributed by atoms with Gasteiger partial charge in [0.05, 0.1) is 11.0 Å². The average molecular weight is 364 g/mol. The van der Waals surface area contributed by atoms with Crippen LogP contribution in [0.3, 0.4) is 0 Å². The molecule has 0 unspecified atom stereocenters. The molecule has 1 aromatic carbocycles. The van der Waals surface area contributed by atoms with Crippen LogP contribution in [0, 0.1) is 0 Å². The molecule has 0 amide bonds. The van der Waals surface area contributed by atoms with Crippen molar-refractivity contribution >= 4 is 15.9 Å². The molecular weight excluding hydrogens is 351 g/mol. The van der Waals surface area contributed by atoms with Gasteiger partial charge < -0.3 is 10.3 Å². The molecule has 21 heavy (non-hydrogen) atoms. The van der Waals surface area contributed by atoms with Crippen LogP contribution in [0.4, 0.5) is 13.2 Å². The molecule has 0 saturated carbocycles. The van der Waals surface area contributed by atoms with Crippen LogP contribution in [0.5, 0.6) is 0 Å². The Labute approximate surface area is 127 Å². The Morgan fingerprint density at radius 3 is 2.52 bits per heavy atom. The highest BCUT2D eigenvalue weighted by Crippen LogP contribution is 2.38. The lowest BCUT2D eigenvalue weighted by Crippen LogP contribution is -2.28. The van der Waals surface area contributed by atoms with Crippen LogP contribution in [-0.2, 0) is 11.6 Å². The summed E-state index contributed by atoms with van der Waals surface area (Å²) in [5.74, 6) is 0.0994. The van der Waals surface area contributed by atoms with Crippen LogP contribution in [-0.4, -0.2) is 16.7 Å². The zero-order valence-electron chi connectivity index (χ0n) is 11.3. The lowest BCUT2D eigenvalue weighted by atomic mass is 9.94. The Kier molecular flexibility index (Phi) is 4.12. The maximum Gasteiger partial charge on any atom is 0.417 e. The van der Waals surface area contributed by atoms with Crippen LogP contribution in [0.25, 0.3) is 11.4 Å². The predicted molar refractivity (Wildman–Crippen MR) is 74.5 cm³/mol. The molecule has 0 bridgehead atoms. The summed E-state index contributed by atoms with van der Waals surface area (Å²) in [4.78, 5) is 4.05. The van der Waals surface area contributed by atoms with Crippen molar-refractivity contribution in [1.29, 1.82) is 0 Å². The first-order valence-electron chi connectivity index (χ1n) is 6.06. The normalized spacial score (nSPS) is 12.7. The molecule has 1 aromatic heterocycles. The zero-order chi connectivity index (χ0) is 15.8. The van der Waals surface area contributed by atoms with Gasteiger partial charge in [-0.25, -0.2) is 0 Å².